The lowest BCUT2D eigenvalue weighted by Gasteiger charge is -2.34. The van der Waals surface area contributed by atoms with Crippen LogP contribution in [0.1, 0.15) is 65.9 Å². The molecule has 0 saturated carbocycles. The first-order chi connectivity index (χ1) is 10.4. The summed E-state index contributed by atoms with van der Waals surface area (Å²) in [7, 11) is 0. The van der Waals surface area contributed by atoms with Gasteiger partial charge in [0.1, 0.15) is 0 Å². The Kier molecular flexibility index (Phi) is 6.86. The van der Waals surface area contributed by atoms with Gasteiger partial charge in [-0.3, -0.25) is 0 Å². The SMILES string of the molecule is CC(C)(C)CC(N)C(C#N)C(CC(C)(C)C)c1cccc(Br)c1. The Hall–Kier alpha value is -0.850. The lowest BCUT2D eigenvalue weighted by atomic mass is 9.71. The van der Waals surface area contributed by atoms with Crippen LogP contribution < -0.4 is 5.73 Å². The van der Waals surface area contributed by atoms with Gasteiger partial charge in [-0.1, -0.05) is 69.6 Å². The summed E-state index contributed by atoms with van der Waals surface area (Å²) in [5.41, 5.74) is 7.94. The molecule has 0 heterocycles. The lowest BCUT2D eigenvalue weighted by Crippen LogP contribution is -2.37. The molecule has 3 heteroatoms. The molecule has 2 N–H and O–H groups in total. The van der Waals surface area contributed by atoms with Crippen LogP contribution in [0.4, 0.5) is 0 Å². The lowest BCUT2D eigenvalue weighted by molar-refractivity contribution is 0.250. The van der Waals surface area contributed by atoms with Gasteiger partial charge in [-0.05, 0) is 41.4 Å². The fourth-order valence-electron chi connectivity index (χ4n) is 3.17. The van der Waals surface area contributed by atoms with Crippen molar-refractivity contribution in [1.82, 2.24) is 0 Å². The van der Waals surface area contributed by atoms with Crippen LogP contribution in [-0.4, -0.2) is 6.04 Å². The second-order valence-electron chi connectivity index (χ2n) is 9.01. The zero-order valence-corrected chi connectivity index (χ0v) is 16.9. The third-order valence-corrected chi connectivity index (χ3v) is 4.49. The second kappa shape index (κ2) is 7.81. The van der Waals surface area contributed by atoms with Gasteiger partial charge in [-0.15, -0.1) is 0 Å². The predicted molar refractivity (Wildman–Crippen MR) is 102 cm³/mol. The molecule has 0 aliphatic carbocycles. The van der Waals surface area contributed by atoms with E-state index in [2.05, 4.69) is 75.7 Å². The van der Waals surface area contributed by atoms with Gasteiger partial charge in [0, 0.05) is 16.4 Å². The zero-order valence-electron chi connectivity index (χ0n) is 15.4. The highest BCUT2D eigenvalue weighted by molar-refractivity contribution is 9.10. The average molecular weight is 379 g/mol. The Morgan fingerprint density at radius 1 is 1.09 bits per heavy atom. The Labute approximate surface area is 150 Å². The van der Waals surface area contributed by atoms with Crippen molar-refractivity contribution in [3.8, 4) is 6.07 Å². The predicted octanol–water partition coefficient (Wildman–Crippen LogP) is 5.87. The number of hydrogen-bond donors (Lipinski definition) is 1. The van der Waals surface area contributed by atoms with Crippen LogP contribution >= 0.6 is 15.9 Å². The van der Waals surface area contributed by atoms with E-state index in [1.165, 1.54) is 5.56 Å². The molecule has 1 aromatic rings. The van der Waals surface area contributed by atoms with E-state index in [9.17, 15) is 5.26 Å². The van der Waals surface area contributed by atoms with Crippen molar-refractivity contribution in [3.63, 3.8) is 0 Å². The van der Waals surface area contributed by atoms with E-state index in [1.54, 1.807) is 0 Å². The van der Waals surface area contributed by atoms with Crippen LogP contribution in [0, 0.1) is 28.1 Å². The van der Waals surface area contributed by atoms with E-state index >= 15 is 0 Å². The molecule has 0 fully saturated rings. The average Bonchev–Trinajstić information content (AvgIpc) is 2.34. The van der Waals surface area contributed by atoms with Gasteiger partial charge in [-0.2, -0.15) is 5.26 Å². The molecule has 3 unspecified atom stereocenters. The molecule has 0 bridgehead atoms. The largest absolute Gasteiger partial charge is 0.326 e. The van der Waals surface area contributed by atoms with Crippen molar-refractivity contribution in [1.29, 1.82) is 5.26 Å². The number of nitrogens with two attached hydrogens (primary N) is 1. The Morgan fingerprint density at radius 2 is 1.65 bits per heavy atom. The van der Waals surface area contributed by atoms with Crippen LogP contribution in [-0.2, 0) is 0 Å². The molecule has 2 nitrogen and oxygen atoms in total. The number of hydrogen-bond acceptors (Lipinski definition) is 2. The Bertz CT molecular complexity index is 546. The number of nitriles is 1. The molecule has 1 rings (SSSR count). The summed E-state index contributed by atoms with van der Waals surface area (Å²) in [5.74, 6) is -0.0300. The topological polar surface area (TPSA) is 49.8 Å². The highest BCUT2D eigenvalue weighted by atomic mass is 79.9. The van der Waals surface area contributed by atoms with Crippen LogP contribution in [0.15, 0.2) is 28.7 Å². The third-order valence-electron chi connectivity index (χ3n) is 4.00. The number of halogens is 1. The van der Waals surface area contributed by atoms with E-state index in [1.807, 2.05) is 12.1 Å². The van der Waals surface area contributed by atoms with E-state index in [0.717, 1.165) is 17.3 Å². The molecule has 0 aliphatic heterocycles. The molecule has 0 spiro atoms. The molecule has 1 aromatic carbocycles. The van der Waals surface area contributed by atoms with Crippen molar-refractivity contribution in [3.05, 3.63) is 34.3 Å². The van der Waals surface area contributed by atoms with Crippen LogP contribution in [0.5, 0.6) is 0 Å². The summed E-state index contributed by atoms with van der Waals surface area (Å²) in [6, 6.07) is 10.7. The minimum atomic E-state index is -0.178. The fourth-order valence-corrected chi connectivity index (χ4v) is 3.58. The monoisotopic (exact) mass is 378 g/mol. The van der Waals surface area contributed by atoms with E-state index in [4.69, 9.17) is 5.73 Å². The molecule has 23 heavy (non-hydrogen) atoms. The van der Waals surface area contributed by atoms with Crippen molar-refractivity contribution in [2.45, 2.75) is 66.3 Å². The summed E-state index contributed by atoms with van der Waals surface area (Å²) in [5, 5.41) is 9.85. The Morgan fingerprint density at radius 3 is 2.09 bits per heavy atom. The first-order valence-electron chi connectivity index (χ1n) is 8.33. The van der Waals surface area contributed by atoms with Crippen LogP contribution in [0.3, 0.4) is 0 Å². The molecular formula is C20H31BrN2. The standard InChI is InChI=1S/C20H31BrN2/c1-19(2,3)11-16(14-8-7-9-15(21)10-14)17(13-22)18(23)12-20(4,5)6/h7-10,16-18H,11-12,23H2,1-6H3. The summed E-state index contributed by atoms with van der Waals surface area (Å²) >= 11 is 3.55. The Balaban J connectivity index is 3.18. The van der Waals surface area contributed by atoms with Gasteiger partial charge in [0.25, 0.3) is 0 Å². The molecule has 0 saturated heterocycles. The van der Waals surface area contributed by atoms with Crippen molar-refractivity contribution < 1.29 is 0 Å². The normalized spacial score (nSPS) is 16.5. The van der Waals surface area contributed by atoms with Gasteiger partial charge in [-0.25, -0.2) is 0 Å². The molecule has 3 atom stereocenters. The first kappa shape index (κ1) is 20.2. The first-order valence-corrected chi connectivity index (χ1v) is 9.13. The quantitative estimate of drug-likeness (QED) is 0.695. The highest BCUT2D eigenvalue weighted by Crippen LogP contribution is 2.39. The third kappa shape index (κ3) is 7.06. The molecule has 0 amide bonds. The molecule has 0 aliphatic rings. The van der Waals surface area contributed by atoms with Gasteiger partial charge < -0.3 is 5.73 Å². The summed E-state index contributed by atoms with van der Waals surface area (Å²) < 4.78 is 1.05. The van der Waals surface area contributed by atoms with E-state index < -0.39 is 0 Å². The van der Waals surface area contributed by atoms with Gasteiger partial charge >= 0.3 is 0 Å². The van der Waals surface area contributed by atoms with Gasteiger partial charge in [0.2, 0.25) is 0 Å². The number of benzene rings is 1. The second-order valence-corrected chi connectivity index (χ2v) is 9.93. The van der Waals surface area contributed by atoms with Gasteiger partial charge in [0.15, 0.2) is 0 Å². The van der Waals surface area contributed by atoms with Crippen molar-refractivity contribution in [2.75, 3.05) is 0 Å². The van der Waals surface area contributed by atoms with Crippen LogP contribution in [0.25, 0.3) is 0 Å². The zero-order chi connectivity index (χ0) is 17.8. The maximum Gasteiger partial charge on any atom is 0.0683 e. The number of nitrogens with zero attached hydrogens (tertiary/aromatic N) is 1. The molecular weight excluding hydrogens is 348 g/mol. The minimum absolute atomic E-state index is 0.119. The minimum Gasteiger partial charge on any atom is -0.326 e. The van der Waals surface area contributed by atoms with Gasteiger partial charge in [0.05, 0.1) is 12.0 Å². The number of rotatable bonds is 5. The maximum atomic E-state index is 9.85. The van der Waals surface area contributed by atoms with Crippen molar-refractivity contribution in [2.24, 2.45) is 22.5 Å². The highest BCUT2D eigenvalue weighted by Gasteiger charge is 2.33. The maximum absolute atomic E-state index is 9.85. The summed E-state index contributed by atoms with van der Waals surface area (Å²) in [6.45, 7) is 13.2. The molecule has 0 radical (unpaired) electrons. The molecule has 128 valence electrons. The molecule has 0 aromatic heterocycles. The smallest absolute Gasteiger partial charge is 0.0683 e. The van der Waals surface area contributed by atoms with Crippen molar-refractivity contribution >= 4 is 15.9 Å². The van der Waals surface area contributed by atoms with Crippen LogP contribution in [0.2, 0.25) is 0 Å². The fraction of sp³-hybridized carbons (Fsp3) is 0.650. The van der Waals surface area contributed by atoms with E-state index in [0.29, 0.717) is 0 Å². The summed E-state index contributed by atoms with van der Waals surface area (Å²) in [4.78, 5) is 0. The van der Waals surface area contributed by atoms with E-state index in [-0.39, 0.29) is 28.7 Å². The summed E-state index contributed by atoms with van der Waals surface area (Å²) in [6.07, 6.45) is 1.79.